The molecule has 0 aliphatic rings. The third kappa shape index (κ3) is 3.72. The number of fused-ring (bicyclic) bond motifs is 1. The van der Waals surface area contributed by atoms with Gasteiger partial charge in [-0.15, -0.1) is 0 Å². The predicted molar refractivity (Wildman–Crippen MR) is 91.8 cm³/mol. The molecule has 0 atom stereocenters. The molecular formula is C16H13FN2O5S. The highest BCUT2D eigenvalue weighted by Gasteiger charge is 2.15. The van der Waals surface area contributed by atoms with E-state index >= 15 is 0 Å². The third-order valence-corrected chi connectivity index (χ3v) is 3.83. The SMILES string of the molecule is CS(=O)(=O)Nc1cc2occ(N)c(=O)c2cc1Oc1ccc(F)cc1. The molecule has 0 spiro atoms. The summed E-state index contributed by atoms with van der Waals surface area (Å²) in [4.78, 5) is 12.1. The fourth-order valence-electron chi connectivity index (χ4n) is 2.16. The van der Waals surface area contributed by atoms with E-state index in [1.807, 2.05) is 0 Å². The number of halogens is 1. The van der Waals surface area contributed by atoms with Gasteiger partial charge in [0.2, 0.25) is 15.5 Å². The van der Waals surface area contributed by atoms with E-state index in [2.05, 4.69) is 4.72 Å². The van der Waals surface area contributed by atoms with Crippen LogP contribution < -0.4 is 20.6 Å². The van der Waals surface area contributed by atoms with Crippen LogP contribution in [0.1, 0.15) is 0 Å². The maximum Gasteiger partial charge on any atom is 0.229 e. The van der Waals surface area contributed by atoms with Crippen molar-refractivity contribution in [2.45, 2.75) is 0 Å². The Morgan fingerprint density at radius 2 is 1.88 bits per heavy atom. The standard InChI is InChI=1S/C16H13FN2O5S/c1-25(21,22)19-13-7-14-11(16(20)12(18)8-23-14)6-15(13)24-10-4-2-9(17)3-5-10/h2-8,19H,18H2,1H3. The second kappa shape index (κ2) is 6.10. The number of benzene rings is 2. The van der Waals surface area contributed by atoms with Gasteiger partial charge < -0.3 is 14.9 Å². The van der Waals surface area contributed by atoms with Gasteiger partial charge in [-0.05, 0) is 30.3 Å². The fraction of sp³-hybridized carbons (Fsp3) is 0.0625. The first-order valence-electron chi connectivity index (χ1n) is 6.99. The van der Waals surface area contributed by atoms with Crippen LogP contribution in [0.2, 0.25) is 0 Å². The molecule has 130 valence electrons. The molecule has 0 aliphatic heterocycles. The van der Waals surface area contributed by atoms with Gasteiger partial charge in [-0.1, -0.05) is 0 Å². The quantitative estimate of drug-likeness (QED) is 0.736. The molecule has 0 saturated carbocycles. The van der Waals surface area contributed by atoms with E-state index in [1.54, 1.807) is 0 Å². The van der Waals surface area contributed by atoms with Gasteiger partial charge in [0.25, 0.3) is 0 Å². The van der Waals surface area contributed by atoms with Gasteiger partial charge in [0, 0.05) is 6.07 Å². The fourth-order valence-corrected chi connectivity index (χ4v) is 2.72. The maximum absolute atomic E-state index is 13.0. The van der Waals surface area contributed by atoms with E-state index in [0.29, 0.717) is 0 Å². The summed E-state index contributed by atoms with van der Waals surface area (Å²) in [6.07, 6.45) is 2.05. The summed E-state index contributed by atoms with van der Waals surface area (Å²) < 4.78 is 49.3. The van der Waals surface area contributed by atoms with Crippen LogP contribution in [0, 0.1) is 5.82 Å². The van der Waals surface area contributed by atoms with Gasteiger partial charge in [0.1, 0.15) is 29.1 Å². The minimum atomic E-state index is -3.62. The first-order valence-corrected chi connectivity index (χ1v) is 8.88. The summed E-state index contributed by atoms with van der Waals surface area (Å²) in [7, 11) is -3.62. The number of anilines is 2. The molecule has 0 amide bonds. The average molecular weight is 364 g/mol. The molecule has 0 saturated heterocycles. The number of sulfonamides is 1. The van der Waals surface area contributed by atoms with Crippen LogP contribution in [0.4, 0.5) is 15.8 Å². The lowest BCUT2D eigenvalue weighted by Gasteiger charge is -2.13. The highest BCUT2D eigenvalue weighted by molar-refractivity contribution is 7.92. The lowest BCUT2D eigenvalue weighted by Crippen LogP contribution is -2.12. The van der Waals surface area contributed by atoms with Crippen molar-refractivity contribution in [1.29, 1.82) is 0 Å². The second-order valence-corrected chi connectivity index (χ2v) is 7.04. The smallest absolute Gasteiger partial charge is 0.229 e. The lowest BCUT2D eigenvalue weighted by atomic mass is 10.2. The van der Waals surface area contributed by atoms with Crippen molar-refractivity contribution in [2.75, 3.05) is 16.7 Å². The molecule has 1 aromatic heterocycles. The van der Waals surface area contributed by atoms with E-state index in [4.69, 9.17) is 14.9 Å². The molecule has 0 unspecified atom stereocenters. The Bertz CT molecular complexity index is 1110. The molecule has 3 rings (SSSR count). The Hall–Kier alpha value is -3.07. The average Bonchev–Trinajstić information content (AvgIpc) is 2.53. The van der Waals surface area contributed by atoms with Crippen LogP contribution >= 0.6 is 0 Å². The lowest BCUT2D eigenvalue weighted by molar-refractivity contribution is 0.483. The monoisotopic (exact) mass is 364 g/mol. The zero-order chi connectivity index (χ0) is 18.2. The Morgan fingerprint density at radius 3 is 2.52 bits per heavy atom. The van der Waals surface area contributed by atoms with Crippen molar-refractivity contribution in [3.05, 3.63) is 58.7 Å². The number of nitrogens with two attached hydrogens (primary N) is 1. The maximum atomic E-state index is 13.0. The Morgan fingerprint density at radius 1 is 1.20 bits per heavy atom. The number of ether oxygens (including phenoxy) is 1. The van der Waals surface area contributed by atoms with E-state index in [1.165, 1.54) is 36.4 Å². The number of hydrogen-bond donors (Lipinski definition) is 2. The molecule has 3 N–H and O–H groups in total. The van der Waals surface area contributed by atoms with E-state index in [9.17, 15) is 17.6 Å². The van der Waals surface area contributed by atoms with Gasteiger partial charge >= 0.3 is 0 Å². The molecule has 9 heteroatoms. The highest BCUT2D eigenvalue weighted by Crippen LogP contribution is 2.34. The second-order valence-electron chi connectivity index (χ2n) is 5.29. The Labute approximate surface area is 141 Å². The molecule has 3 aromatic rings. The predicted octanol–water partition coefficient (Wildman–Crippen LogP) is 2.68. The number of nitrogen functional groups attached to an aromatic ring is 1. The molecule has 7 nitrogen and oxygen atoms in total. The van der Waals surface area contributed by atoms with Gasteiger partial charge in [-0.3, -0.25) is 9.52 Å². The summed E-state index contributed by atoms with van der Waals surface area (Å²) in [6, 6.07) is 7.74. The van der Waals surface area contributed by atoms with Crippen LogP contribution in [0.25, 0.3) is 11.0 Å². The molecule has 0 radical (unpaired) electrons. The van der Waals surface area contributed by atoms with E-state index in [0.717, 1.165) is 12.5 Å². The normalized spacial score (nSPS) is 11.4. The summed E-state index contributed by atoms with van der Waals surface area (Å²) in [5.41, 5.74) is 5.17. The molecule has 0 fully saturated rings. The van der Waals surface area contributed by atoms with Gasteiger partial charge in [0.15, 0.2) is 5.75 Å². The van der Waals surface area contributed by atoms with Crippen LogP contribution in [0.15, 0.2) is 51.9 Å². The number of hydrogen-bond acceptors (Lipinski definition) is 6. The molecule has 0 aliphatic carbocycles. The molecule has 0 bridgehead atoms. The van der Waals surface area contributed by atoms with Crippen LogP contribution in [-0.4, -0.2) is 14.7 Å². The van der Waals surface area contributed by atoms with Gasteiger partial charge in [0.05, 0.1) is 17.3 Å². The zero-order valence-electron chi connectivity index (χ0n) is 12.9. The number of nitrogens with one attached hydrogen (secondary N) is 1. The zero-order valence-corrected chi connectivity index (χ0v) is 13.8. The Balaban J connectivity index is 2.18. The molecule has 25 heavy (non-hydrogen) atoms. The topological polar surface area (TPSA) is 112 Å². The van der Waals surface area contributed by atoms with E-state index < -0.39 is 21.3 Å². The van der Waals surface area contributed by atoms with Crippen LogP contribution in [0.3, 0.4) is 0 Å². The van der Waals surface area contributed by atoms with Crippen molar-refractivity contribution >= 4 is 32.4 Å². The summed E-state index contributed by atoms with van der Waals surface area (Å²) >= 11 is 0. The first kappa shape index (κ1) is 16.8. The first-order chi connectivity index (χ1) is 11.7. The molecular weight excluding hydrogens is 351 g/mol. The summed E-state index contributed by atoms with van der Waals surface area (Å²) in [5.74, 6) is -0.151. The highest BCUT2D eigenvalue weighted by atomic mass is 32.2. The van der Waals surface area contributed by atoms with Crippen molar-refractivity contribution in [3.63, 3.8) is 0 Å². The number of rotatable bonds is 4. The van der Waals surface area contributed by atoms with Crippen LogP contribution in [-0.2, 0) is 10.0 Å². The summed E-state index contributed by atoms with van der Waals surface area (Å²) in [6.45, 7) is 0. The van der Waals surface area contributed by atoms with Crippen molar-refractivity contribution in [3.8, 4) is 11.5 Å². The van der Waals surface area contributed by atoms with E-state index in [-0.39, 0.29) is 33.8 Å². The molecule has 1 heterocycles. The third-order valence-electron chi connectivity index (χ3n) is 3.24. The van der Waals surface area contributed by atoms with Gasteiger partial charge in [-0.2, -0.15) is 0 Å². The Kier molecular flexibility index (Phi) is 4.09. The van der Waals surface area contributed by atoms with Gasteiger partial charge in [-0.25, -0.2) is 12.8 Å². The van der Waals surface area contributed by atoms with Crippen molar-refractivity contribution < 1.29 is 22.0 Å². The minimum absolute atomic E-state index is 0.0439. The van der Waals surface area contributed by atoms with Crippen LogP contribution in [0.5, 0.6) is 11.5 Å². The van der Waals surface area contributed by atoms with Crippen molar-refractivity contribution in [1.82, 2.24) is 0 Å². The minimum Gasteiger partial charge on any atom is -0.462 e. The van der Waals surface area contributed by atoms with Crippen molar-refractivity contribution in [2.24, 2.45) is 0 Å². The molecule has 2 aromatic carbocycles. The summed E-state index contributed by atoms with van der Waals surface area (Å²) in [5, 5.41) is 0.121. The largest absolute Gasteiger partial charge is 0.462 e.